The van der Waals surface area contributed by atoms with Gasteiger partial charge in [-0.1, -0.05) is 51.0 Å². The van der Waals surface area contributed by atoms with E-state index < -0.39 is 0 Å². The van der Waals surface area contributed by atoms with Crippen LogP contribution in [-0.2, 0) is 12.8 Å². The van der Waals surface area contributed by atoms with Gasteiger partial charge in [-0.15, -0.1) is 0 Å². The molecule has 18 heavy (non-hydrogen) atoms. The minimum absolute atomic E-state index is 0.648. The Morgan fingerprint density at radius 3 is 2.50 bits per heavy atom. The number of fused-ring (bicyclic) bond motifs is 1. The lowest BCUT2D eigenvalue weighted by atomic mass is 9.87. The molecule has 0 amide bonds. The second kappa shape index (κ2) is 6.38. The molecule has 0 bridgehead atoms. The van der Waals surface area contributed by atoms with Gasteiger partial charge in [0.25, 0.3) is 0 Å². The summed E-state index contributed by atoms with van der Waals surface area (Å²) in [6, 6.07) is 10.2. The number of aryl methyl sites for hydroxylation is 1. The molecule has 2 rings (SSSR count). The highest BCUT2D eigenvalue weighted by atomic mass is 14.9. The topological polar surface area (TPSA) is 12.0 Å². The standard InChI is InChI=1S/C17H27N/c1-4-14(5-2)13(3)18-17-11-10-15-8-6-7-9-16(15)12-17/h6-9,13-14,17-18H,4-5,10-12H2,1-3H3. The fourth-order valence-electron chi connectivity index (χ4n) is 3.34. The van der Waals surface area contributed by atoms with Crippen molar-refractivity contribution in [2.24, 2.45) is 5.92 Å². The summed E-state index contributed by atoms with van der Waals surface area (Å²) in [5, 5.41) is 3.86. The molecule has 1 aromatic rings. The Kier molecular flexibility index (Phi) is 4.82. The van der Waals surface area contributed by atoms with Gasteiger partial charge in [-0.3, -0.25) is 0 Å². The summed E-state index contributed by atoms with van der Waals surface area (Å²) in [4.78, 5) is 0. The van der Waals surface area contributed by atoms with Crippen molar-refractivity contribution in [1.82, 2.24) is 5.32 Å². The van der Waals surface area contributed by atoms with Crippen LogP contribution in [0.3, 0.4) is 0 Å². The molecule has 1 N–H and O–H groups in total. The van der Waals surface area contributed by atoms with Gasteiger partial charge in [-0.05, 0) is 43.2 Å². The Morgan fingerprint density at radius 1 is 1.17 bits per heavy atom. The fraction of sp³-hybridized carbons (Fsp3) is 0.647. The van der Waals surface area contributed by atoms with Crippen LogP contribution < -0.4 is 5.32 Å². The molecular formula is C17H27N. The zero-order valence-corrected chi connectivity index (χ0v) is 12.1. The van der Waals surface area contributed by atoms with Crippen LogP contribution >= 0.6 is 0 Å². The molecule has 0 spiro atoms. The molecule has 0 saturated carbocycles. The molecule has 1 aliphatic rings. The van der Waals surface area contributed by atoms with E-state index in [9.17, 15) is 0 Å². The van der Waals surface area contributed by atoms with E-state index in [4.69, 9.17) is 0 Å². The van der Waals surface area contributed by atoms with E-state index in [1.54, 1.807) is 11.1 Å². The van der Waals surface area contributed by atoms with Crippen molar-refractivity contribution in [2.75, 3.05) is 0 Å². The van der Waals surface area contributed by atoms with E-state index in [2.05, 4.69) is 50.4 Å². The fourth-order valence-corrected chi connectivity index (χ4v) is 3.34. The van der Waals surface area contributed by atoms with E-state index in [-0.39, 0.29) is 0 Å². The molecule has 2 atom stereocenters. The third-order valence-electron chi connectivity index (χ3n) is 4.60. The smallest absolute Gasteiger partial charge is 0.0113 e. The first-order valence-corrected chi connectivity index (χ1v) is 7.57. The first kappa shape index (κ1) is 13.6. The zero-order valence-electron chi connectivity index (χ0n) is 12.1. The molecule has 1 aliphatic carbocycles. The van der Waals surface area contributed by atoms with Crippen LogP contribution in [0.25, 0.3) is 0 Å². The summed E-state index contributed by atoms with van der Waals surface area (Å²) in [6.45, 7) is 6.98. The lowest BCUT2D eigenvalue weighted by molar-refractivity contribution is 0.307. The first-order chi connectivity index (χ1) is 8.74. The third-order valence-corrected chi connectivity index (χ3v) is 4.60. The van der Waals surface area contributed by atoms with Crippen LogP contribution in [0.15, 0.2) is 24.3 Å². The molecule has 1 aromatic carbocycles. The summed E-state index contributed by atoms with van der Waals surface area (Å²) < 4.78 is 0. The molecule has 0 saturated heterocycles. The van der Waals surface area contributed by atoms with Crippen LogP contribution in [0.2, 0.25) is 0 Å². The van der Waals surface area contributed by atoms with Crippen LogP contribution in [0.1, 0.15) is 51.2 Å². The average molecular weight is 245 g/mol. The Labute approximate surface area is 112 Å². The number of benzene rings is 1. The molecule has 1 nitrogen and oxygen atoms in total. The molecule has 2 unspecified atom stereocenters. The van der Waals surface area contributed by atoms with Crippen molar-refractivity contribution >= 4 is 0 Å². The highest BCUT2D eigenvalue weighted by Gasteiger charge is 2.21. The quantitative estimate of drug-likeness (QED) is 0.828. The van der Waals surface area contributed by atoms with Crippen LogP contribution in [0.4, 0.5) is 0 Å². The molecule has 100 valence electrons. The van der Waals surface area contributed by atoms with Gasteiger partial charge in [-0.25, -0.2) is 0 Å². The van der Waals surface area contributed by atoms with Gasteiger partial charge in [0.1, 0.15) is 0 Å². The predicted molar refractivity (Wildman–Crippen MR) is 78.9 cm³/mol. The number of nitrogens with one attached hydrogen (secondary N) is 1. The Morgan fingerprint density at radius 2 is 1.83 bits per heavy atom. The molecule has 1 heteroatoms. The minimum atomic E-state index is 0.648. The second-order valence-corrected chi connectivity index (χ2v) is 5.74. The normalized spacial score (nSPS) is 20.8. The van der Waals surface area contributed by atoms with E-state index in [1.165, 1.54) is 32.1 Å². The molecule has 0 fully saturated rings. The zero-order chi connectivity index (χ0) is 13.0. The molecule has 0 aliphatic heterocycles. The van der Waals surface area contributed by atoms with Crippen molar-refractivity contribution in [3.05, 3.63) is 35.4 Å². The Balaban J connectivity index is 1.93. The van der Waals surface area contributed by atoms with Crippen molar-refractivity contribution in [3.8, 4) is 0 Å². The first-order valence-electron chi connectivity index (χ1n) is 7.57. The van der Waals surface area contributed by atoms with Gasteiger partial charge >= 0.3 is 0 Å². The maximum absolute atomic E-state index is 3.86. The summed E-state index contributed by atoms with van der Waals surface area (Å²) in [5.74, 6) is 0.821. The van der Waals surface area contributed by atoms with E-state index in [1.807, 2.05) is 0 Å². The largest absolute Gasteiger partial charge is 0.311 e. The van der Waals surface area contributed by atoms with Gasteiger partial charge in [0.2, 0.25) is 0 Å². The van der Waals surface area contributed by atoms with E-state index >= 15 is 0 Å². The van der Waals surface area contributed by atoms with E-state index in [0.29, 0.717) is 12.1 Å². The van der Waals surface area contributed by atoms with Gasteiger partial charge in [-0.2, -0.15) is 0 Å². The van der Waals surface area contributed by atoms with Gasteiger partial charge in [0.05, 0.1) is 0 Å². The maximum Gasteiger partial charge on any atom is 0.0113 e. The number of hydrogen-bond donors (Lipinski definition) is 1. The maximum atomic E-state index is 3.86. The summed E-state index contributed by atoms with van der Waals surface area (Å²) >= 11 is 0. The lowest BCUT2D eigenvalue weighted by Crippen LogP contribution is -2.43. The Hall–Kier alpha value is -0.820. The van der Waals surface area contributed by atoms with Crippen molar-refractivity contribution < 1.29 is 0 Å². The summed E-state index contributed by atoms with van der Waals surface area (Å²) in [6.07, 6.45) is 6.31. The highest BCUT2D eigenvalue weighted by molar-refractivity contribution is 5.30. The van der Waals surface area contributed by atoms with E-state index in [0.717, 1.165) is 5.92 Å². The SMILES string of the molecule is CCC(CC)C(C)NC1CCc2ccccc2C1. The molecule has 0 heterocycles. The van der Waals surface area contributed by atoms with Gasteiger partial charge in [0, 0.05) is 12.1 Å². The van der Waals surface area contributed by atoms with Crippen molar-refractivity contribution in [1.29, 1.82) is 0 Å². The average Bonchev–Trinajstić information content (AvgIpc) is 2.40. The second-order valence-electron chi connectivity index (χ2n) is 5.74. The third kappa shape index (κ3) is 3.14. The van der Waals surface area contributed by atoms with Crippen LogP contribution in [-0.4, -0.2) is 12.1 Å². The highest BCUT2D eigenvalue weighted by Crippen LogP contribution is 2.22. The Bertz CT molecular complexity index is 368. The van der Waals surface area contributed by atoms with Crippen LogP contribution in [0.5, 0.6) is 0 Å². The predicted octanol–water partition coefficient (Wildman–Crippen LogP) is 3.96. The van der Waals surface area contributed by atoms with Crippen LogP contribution in [0, 0.1) is 5.92 Å². The number of rotatable bonds is 5. The molecule has 0 aromatic heterocycles. The van der Waals surface area contributed by atoms with Crippen molar-refractivity contribution in [2.45, 2.75) is 65.0 Å². The summed E-state index contributed by atoms with van der Waals surface area (Å²) in [5.41, 5.74) is 3.11. The lowest BCUT2D eigenvalue weighted by Gasteiger charge is -2.31. The monoisotopic (exact) mass is 245 g/mol. The van der Waals surface area contributed by atoms with Gasteiger partial charge in [0.15, 0.2) is 0 Å². The summed E-state index contributed by atoms with van der Waals surface area (Å²) in [7, 11) is 0. The molecule has 0 radical (unpaired) electrons. The minimum Gasteiger partial charge on any atom is -0.311 e. The molecular weight excluding hydrogens is 218 g/mol. The van der Waals surface area contributed by atoms with Gasteiger partial charge < -0.3 is 5.32 Å². The number of hydrogen-bond acceptors (Lipinski definition) is 1. The van der Waals surface area contributed by atoms with Crippen molar-refractivity contribution in [3.63, 3.8) is 0 Å².